The smallest absolute Gasteiger partial charge is 0.276 e. The summed E-state index contributed by atoms with van der Waals surface area (Å²) in [6, 6.07) is 7.70. The van der Waals surface area contributed by atoms with Crippen LogP contribution < -0.4 is 10.5 Å². The third kappa shape index (κ3) is 3.50. The first kappa shape index (κ1) is 15.5. The van der Waals surface area contributed by atoms with Crippen LogP contribution in [0.4, 0.5) is 0 Å². The molecule has 1 aliphatic heterocycles. The molecule has 122 valence electrons. The topological polar surface area (TPSA) is 86.3 Å². The molecular formula is C16H21N5O2. The second-order valence-electron chi connectivity index (χ2n) is 5.60. The Morgan fingerprint density at radius 3 is 2.65 bits per heavy atom. The first-order valence-corrected chi connectivity index (χ1v) is 7.88. The van der Waals surface area contributed by atoms with Crippen molar-refractivity contribution in [2.24, 2.45) is 5.73 Å². The van der Waals surface area contributed by atoms with Crippen LogP contribution in [0.25, 0.3) is 5.69 Å². The molecule has 0 atom stereocenters. The number of amides is 1. The lowest BCUT2D eigenvalue weighted by Crippen LogP contribution is -2.43. The van der Waals surface area contributed by atoms with Crippen LogP contribution in [0.3, 0.4) is 0 Å². The minimum atomic E-state index is -0.0888. The lowest BCUT2D eigenvalue weighted by Gasteiger charge is -2.29. The van der Waals surface area contributed by atoms with E-state index in [0.717, 1.165) is 24.3 Å². The van der Waals surface area contributed by atoms with E-state index in [1.807, 2.05) is 31.2 Å². The summed E-state index contributed by atoms with van der Waals surface area (Å²) in [5.74, 6) is 0.714. The molecule has 1 fully saturated rings. The zero-order valence-electron chi connectivity index (χ0n) is 13.2. The van der Waals surface area contributed by atoms with Crippen LogP contribution in [0.1, 0.15) is 30.3 Å². The van der Waals surface area contributed by atoms with E-state index in [1.54, 1.807) is 15.8 Å². The Labute approximate surface area is 135 Å². The zero-order valence-corrected chi connectivity index (χ0v) is 13.2. The molecule has 0 spiro atoms. The van der Waals surface area contributed by atoms with E-state index in [-0.39, 0.29) is 11.9 Å². The molecule has 0 radical (unpaired) electrons. The fraction of sp³-hybridized carbons (Fsp3) is 0.438. The fourth-order valence-corrected chi connectivity index (χ4v) is 2.61. The maximum absolute atomic E-state index is 12.4. The number of carbonyl (C=O) groups excluding carboxylic acids is 1. The molecule has 0 bridgehead atoms. The van der Waals surface area contributed by atoms with Crippen LogP contribution in [0.15, 0.2) is 30.5 Å². The summed E-state index contributed by atoms with van der Waals surface area (Å²) < 4.78 is 7.01. The maximum atomic E-state index is 12.4. The molecule has 23 heavy (non-hydrogen) atoms. The van der Waals surface area contributed by atoms with Crippen LogP contribution >= 0.6 is 0 Å². The molecular weight excluding hydrogens is 294 g/mol. The van der Waals surface area contributed by atoms with Crippen LogP contribution in [-0.2, 0) is 0 Å². The van der Waals surface area contributed by atoms with E-state index < -0.39 is 0 Å². The number of aromatic nitrogens is 3. The van der Waals surface area contributed by atoms with E-state index in [0.29, 0.717) is 25.4 Å². The van der Waals surface area contributed by atoms with Gasteiger partial charge in [0.1, 0.15) is 5.75 Å². The molecule has 7 nitrogen and oxygen atoms in total. The van der Waals surface area contributed by atoms with Gasteiger partial charge in [-0.3, -0.25) is 4.79 Å². The van der Waals surface area contributed by atoms with Crippen molar-refractivity contribution in [3.05, 3.63) is 36.2 Å². The van der Waals surface area contributed by atoms with Crippen molar-refractivity contribution >= 4 is 5.91 Å². The van der Waals surface area contributed by atoms with Gasteiger partial charge < -0.3 is 15.4 Å². The predicted octanol–water partition coefficient (Wildman–Crippen LogP) is 1.23. The van der Waals surface area contributed by atoms with Gasteiger partial charge in [0.2, 0.25) is 0 Å². The molecule has 3 rings (SSSR count). The van der Waals surface area contributed by atoms with Gasteiger partial charge in [-0.05, 0) is 44.0 Å². The first-order valence-electron chi connectivity index (χ1n) is 7.88. The Kier molecular flexibility index (Phi) is 4.57. The Morgan fingerprint density at radius 2 is 2.00 bits per heavy atom. The van der Waals surface area contributed by atoms with Gasteiger partial charge >= 0.3 is 0 Å². The first-order chi connectivity index (χ1) is 11.2. The van der Waals surface area contributed by atoms with Crippen molar-refractivity contribution in [3.8, 4) is 11.4 Å². The van der Waals surface area contributed by atoms with Gasteiger partial charge in [0.15, 0.2) is 5.69 Å². The largest absolute Gasteiger partial charge is 0.494 e. The predicted molar refractivity (Wildman–Crippen MR) is 85.6 cm³/mol. The van der Waals surface area contributed by atoms with Gasteiger partial charge in [0.25, 0.3) is 5.91 Å². The summed E-state index contributed by atoms with van der Waals surface area (Å²) in [6.45, 7) is 3.92. The second-order valence-corrected chi connectivity index (χ2v) is 5.60. The molecule has 1 amide bonds. The van der Waals surface area contributed by atoms with Crippen LogP contribution in [-0.4, -0.2) is 51.5 Å². The molecule has 0 saturated carbocycles. The SMILES string of the molecule is CCOc1ccc(-n2cc(C(=O)N3CCC(N)CC3)nn2)cc1. The van der Waals surface area contributed by atoms with Gasteiger partial charge in [-0.15, -0.1) is 5.10 Å². The summed E-state index contributed by atoms with van der Waals surface area (Å²) >= 11 is 0. The number of carbonyl (C=O) groups is 1. The molecule has 0 unspecified atom stereocenters. The number of ether oxygens (including phenoxy) is 1. The van der Waals surface area contributed by atoms with Crippen LogP contribution in [0.5, 0.6) is 5.75 Å². The fourth-order valence-electron chi connectivity index (χ4n) is 2.61. The number of hydrogen-bond donors (Lipinski definition) is 1. The molecule has 0 aliphatic carbocycles. The molecule has 1 aromatic heterocycles. The highest BCUT2D eigenvalue weighted by Crippen LogP contribution is 2.16. The number of rotatable bonds is 4. The molecule has 2 N–H and O–H groups in total. The van der Waals surface area contributed by atoms with Crippen molar-refractivity contribution in [2.45, 2.75) is 25.8 Å². The lowest BCUT2D eigenvalue weighted by molar-refractivity contribution is 0.0708. The van der Waals surface area contributed by atoms with E-state index >= 15 is 0 Å². The number of likely N-dealkylation sites (tertiary alicyclic amines) is 1. The molecule has 1 aliphatic rings. The van der Waals surface area contributed by atoms with E-state index in [9.17, 15) is 4.79 Å². The lowest BCUT2D eigenvalue weighted by atomic mass is 10.1. The van der Waals surface area contributed by atoms with Crippen molar-refractivity contribution in [2.75, 3.05) is 19.7 Å². The Bertz CT molecular complexity index is 659. The maximum Gasteiger partial charge on any atom is 0.276 e. The molecule has 1 aromatic carbocycles. The molecule has 2 heterocycles. The van der Waals surface area contributed by atoms with Gasteiger partial charge in [-0.2, -0.15) is 0 Å². The average Bonchev–Trinajstić information content (AvgIpc) is 3.06. The number of nitrogens with two attached hydrogens (primary N) is 1. The standard InChI is InChI=1S/C16H21N5O2/c1-2-23-14-5-3-13(4-6-14)21-11-15(18-19-21)16(22)20-9-7-12(17)8-10-20/h3-6,11-12H,2,7-10,17H2,1H3. The number of nitrogens with zero attached hydrogens (tertiary/aromatic N) is 4. The monoisotopic (exact) mass is 315 g/mol. The van der Waals surface area contributed by atoms with Crippen molar-refractivity contribution in [1.29, 1.82) is 0 Å². The van der Waals surface area contributed by atoms with Gasteiger partial charge in [0.05, 0.1) is 18.5 Å². The highest BCUT2D eigenvalue weighted by molar-refractivity contribution is 5.92. The minimum Gasteiger partial charge on any atom is -0.494 e. The normalized spacial score (nSPS) is 15.7. The summed E-state index contributed by atoms with van der Waals surface area (Å²) in [4.78, 5) is 14.2. The number of benzene rings is 1. The van der Waals surface area contributed by atoms with E-state index in [2.05, 4.69) is 10.3 Å². The minimum absolute atomic E-state index is 0.0888. The van der Waals surface area contributed by atoms with Crippen molar-refractivity contribution < 1.29 is 9.53 Å². The summed E-state index contributed by atoms with van der Waals surface area (Å²) in [6.07, 6.45) is 3.32. The van der Waals surface area contributed by atoms with Crippen molar-refractivity contribution in [3.63, 3.8) is 0 Å². The highest BCUT2D eigenvalue weighted by atomic mass is 16.5. The Balaban J connectivity index is 1.71. The molecule has 7 heteroatoms. The Hall–Kier alpha value is -2.41. The highest BCUT2D eigenvalue weighted by Gasteiger charge is 2.23. The second kappa shape index (κ2) is 6.78. The van der Waals surface area contributed by atoms with Gasteiger partial charge in [-0.25, -0.2) is 4.68 Å². The number of hydrogen-bond acceptors (Lipinski definition) is 5. The third-order valence-corrected chi connectivity index (χ3v) is 3.95. The third-order valence-electron chi connectivity index (χ3n) is 3.95. The molecule has 1 saturated heterocycles. The summed E-state index contributed by atoms with van der Waals surface area (Å²) in [5.41, 5.74) is 7.06. The average molecular weight is 315 g/mol. The van der Waals surface area contributed by atoms with E-state index in [1.165, 1.54) is 0 Å². The quantitative estimate of drug-likeness (QED) is 0.917. The molecule has 2 aromatic rings. The van der Waals surface area contributed by atoms with Crippen molar-refractivity contribution in [1.82, 2.24) is 19.9 Å². The zero-order chi connectivity index (χ0) is 16.2. The van der Waals surface area contributed by atoms with Gasteiger partial charge in [0, 0.05) is 19.1 Å². The Morgan fingerprint density at radius 1 is 1.30 bits per heavy atom. The van der Waals surface area contributed by atoms with Crippen LogP contribution in [0, 0.1) is 0 Å². The summed E-state index contributed by atoms with van der Waals surface area (Å²) in [7, 11) is 0. The van der Waals surface area contributed by atoms with E-state index in [4.69, 9.17) is 10.5 Å². The van der Waals surface area contributed by atoms with Crippen LogP contribution in [0.2, 0.25) is 0 Å². The number of piperidine rings is 1. The summed E-state index contributed by atoms with van der Waals surface area (Å²) in [5, 5.41) is 8.05. The van der Waals surface area contributed by atoms with Gasteiger partial charge in [-0.1, -0.05) is 5.21 Å².